The second kappa shape index (κ2) is 4.65. The van der Waals surface area contributed by atoms with Gasteiger partial charge in [0.15, 0.2) is 0 Å². The summed E-state index contributed by atoms with van der Waals surface area (Å²) >= 11 is 0. The quantitative estimate of drug-likeness (QED) is 0.837. The van der Waals surface area contributed by atoms with E-state index in [1.54, 1.807) is 38.3 Å². The van der Waals surface area contributed by atoms with Crippen LogP contribution in [0.2, 0.25) is 0 Å². The molecule has 1 amide bonds. The van der Waals surface area contributed by atoms with Gasteiger partial charge < -0.3 is 10.1 Å². The van der Waals surface area contributed by atoms with Gasteiger partial charge >= 0.3 is 0 Å². The number of hydrogen-bond acceptors (Lipinski definition) is 4. The first-order valence-electron chi connectivity index (χ1n) is 5.03. The molecule has 88 valence electrons. The Hall–Kier alpha value is -2.37. The van der Waals surface area contributed by atoms with Gasteiger partial charge in [0.1, 0.15) is 11.6 Å². The minimum atomic E-state index is -0.359. The highest BCUT2D eigenvalue weighted by atomic mass is 16.5. The largest absolute Gasteiger partial charge is 0.497 e. The number of carbonyl (C=O) groups is 1. The molecule has 0 saturated carbocycles. The van der Waals surface area contributed by atoms with Crippen molar-refractivity contribution in [3.05, 3.63) is 35.9 Å². The maximum Gasteiger partial charge on any atom is 0.295 e. The van der Waals surface area contributed by atoms with Gasteiger partial charge in [-0.3, -0.25) is 9.89 Å². The number of aromatic amines is 1. The molecule has 0 atom stereocenters. The summed E-state index contributed by atoms with van der Waals surface area (Å²) in [6.07, 6.45) is 0. The summed E-state index contributed by atoms with van der Waals surface area (Å²) in [5, 5.41) is 9.07. The summed E-state index contributed by atoms with van der Waals surface area (Å²) in [6, 6.07) is 7.07. The van der Waals surface area contributed by atoms with Gasteiger partial charge in [-0.2, -0.15) is 0 Å². The zero-order valence-corrected chi connectivity index (χ0v) is 9.52. The summed E-state index contributed by atoms with van der Waals surface area (Å²) in [5.74, 6) is 1.03. The van der Waals surface area contributed by atoms with Crippen molar-refractivity contribution >= 4 is 11.6 Å². The second-order valence-electron chi connectivity index (χ2n) is 3.43. The van der Waals surface area contributed by atoms with Gasteiger partial charge in [0.2, 0.25) is 5.82 Å². The van der Waals surface area contributed by atoms with Crippen molar-refractivity contribution < 1.29 is 9.53 Å². The average Bonchev–Trinajstić information content (AvgIpc) is 2.76. The Morgan fingerprint density at radius 3 is 2.94 bits per heavy atom. The minimum Gasteiger partial charge on any atom is -0.497 e. The standard InChI is InChI=1S/C11H12N4O2/c1-7-12-10(15-14-7)11(16)13-8-4-3-5-9(6-8)17-2/h3-6H,1-2H3,(H,13,16)(H,12,14,15). The van der Waals surface area contributed by atoms with Crippen molar-refractivity contribution in [2.75, 3.05) is 12.4 Å². The van der Waals surface area contributed by atoms with Gasteiger partial charge in [-0.05, 0) is 19.1 Å². The number of methoxy groups -OCH3 is 1. The topological polar surface area (TPSA) is 79.9 Å². The van der Waals surface area contributed by atoms with E-state index in [2.05, 4.69) is 20.5 Å². The molecule has 2 rings (SSSR count). The van der Waals surface area contributed by atoms with Crippen LogP contribution in [-0.2, 0) is 0 Å². The molecule has 1 aromatic heterocycles. The van der Waals surface area contributed by atoms with Crippen molar-refractivity contribution in [3.63, 3.8) is 0 Å². The molecule has 6 nitrogen and oxygen atoms in total. The Bertz CT molecular complexity index is 536. The predicted octanol–water partition coefficient (Wildman–Crippen LogP) is 1.37. The third kappa shape index (κ3) is 2.60. The van der Waals surface area contributed by atoms with Crippen LogP contribution in [0.1, 0.15) is 16.4 Å². The maximum absolute atomic E-state index is 11.7. The fraction of sp³-hybridized carbons (Fsp3) is 0.182. The summed E-state index contributed by atoms with van der Waals surface area (Å²) in [7, 11) is 1.57. The molecule has 17 heavy (non-hydrogen) atoms. The lowest BCUT2D eigenvalue weighted by molar-refractivity contribution is 0.101. The van der Waals surface area contributed by atoms with Crippen LogP contribution in [0.15, 0.2) is 24.3 Å². The van der Waals surface area contributed by atoms with E-state index in [1.807, 2.05) is 0 Å². The first-order chi connectivity index (χ1) is 8.19. The van der Waals surface area contributed by atoms with Gasteiger partial charge in [-0.1, -0.05) is 6.07 Å². The molecule has 0 bridgehead atoms. The first-order valence-corrected chi connectivity index (χ1v) is 5.03. The number of H-pyrrole nitrogens is 1. The van der Waals surface area contributed by atoms with Crippen LogP contribution < -0.4 is 10.1 Å². The van der Waals surface area contributed by atoms with E-state index < -0.39 is 0 Å². The van der Waals surface area contributed by atoms with E-state index in [-0.39, 0.29) is 11.7 Å². The summed E-state index contributed by atoms with van der Waals surface area (Å²) in [6.45, 7) is 1.73. The zero-order valence-electron chi connectivity index (χ0n) is 9.52. The van der Waals surface area contributed by atoms with Crippen molar-refractivity contribution in [3.8, 4) is 5.75 Å². The molecule has 0 spiro atoms. The van der Waals surface area contributed by atoms with E-state index in [4.69, 9.17) is 4.74 Å². The number of nitrogens with one attached hydrogen (secondary N) is 2. The number of aryl methyl sites for hydroxylation is 1. The Morgan fingerprint density at radius 1 is 1.47 bits per heavy atom. The number of rotatable bonds is 3. The molecule has 0 aliphatic rings. The highest BCUT2D eigenvalue weighted by molar-refractivity contribution is 6.01. The molecule has 1 aromatic carbocycles. The number of aromatic nitrogens is 3. The van der Waals surface area contributed by atoms with Gasteiger partial charge in [0.05, 0.1) is 7.11 Å². The van der Waals surface area contributed by atoms with Gasteiger partial charge in [-0.25, -0.2) is 4.98 Å². The first kappa shape index (κ1) is 11.1. The van der Waals surface area contributed by atoms with E-state index >= 15 is 0 Å². The van der Waals surface area contributed by atoms with Crippen molar-refractivity contribution in [1.82, 2.24) is 15.2 Å². The minimum absolute atomic E-state index is 0.116. The zero-order chi connectivity index (χ0) is 12.3. The van der Waals surface area contributed by atoms with Crippen LogP contribution in [0, 0.1) is 6.92 Å². The highest BCUT2D eigenvalue weighted by Crippen LogP contribution is 2.16. The molecule has 1 heterocycles. The summed E-state index contributed by atoms with van der Waals surface area (Å²) in [5.41, 5.74) is 0.636. The molecule has 6 heteroatoms. The third-order valence-electron chi connectivity index (χ3n) is 2.13. The number of anilines is 1. The van der Waals surface area contributed by atoms with Gasteiger partial charge in [-0.15, -0.1) is 5.10 Å². The lowest BCUT2D eigenvalue weighted by Crippen LogP contribution is -2.13. The molecule has 0 radical (unpaired) electrons. The molecule has 2 aromatic rings. The van der Waals surface area contributed by atoms with Crippen LogP contribution in [0.3, 0.4) is 0 Å². The predicted molar refractivity (Wildman–Crippen MR) is 62.1 cm³/mol. The van der Waals surface area contributed by atoms with Crippen molar-refractivity contribution in [1.29, 1.82) is 0 Å². The second-order valence-corrected chi connectivity index (χ2v) is 3.43. The van der Waals surface area contributed by atoms with Crippen LogP contribution in [0.5, 0.6) is 5.75 Å². The monoisotopic (exact) mass is 232 g/mol. The number of nitrogens with zero attached hydrogens (tertiary/aromatic N) is 2. The van der Waals surface area contributed by atoms with Crippen LogP contribution in [0.4, 0.5) is 5.69 Å². The molecule has 0 fully saturated rings. The lowest BCUT2D eigenvalue weighted by atomic mass is 10.3. The number of amides is 1. The number of carbonyl (C=O) groups excluding carboxylic acids is 1. The van der Waals surface area contributed by atoms with E-state index in [9.17, 15) is 4.79 Å². The van der Waals surface area contributed by atoms with E-state index in [0.29, 0.717) is 17.3 Å². The normalized spacial score (nSPS) is 10.0. The van der Waals surface area contributed by atoms with Crippen molar-refractivity contribution in [2.24, 2.45) is 0 Å². The SMILES string of the molecule is COc1cccc(NC(=O)c2n[nH]c(C)n2)c1. The van der Waals surface area contributed by atoms with Gasteiger partial charge in [0, 0.05) is 11.8 Å². The van der Waals surface area contributed by atoms with E-state index in [1.165, 1.54) is 0 Å². The third-order valence-corrected chi connectivity index (χ3v) is 2.13. The summed E-state index contributed by atoms with van der Waals surface area (Å²) < 4.78 is 5.06. The molecule has 0 unspecified atom stereocenters. The maximum atomic E-state index is 11.7. The smallest absolute Gasteiger partial charge is 0.295 e. The number of hydrogen-bond donors (Lipinski definition) is 2. The molecular formula is C11H12N4O2. The van der Waals surface area contributed by atoms with Crippen LogP contribution in [-0.4, -0.2) is 28.2 Å². The Morgan fingerprint density at radius 2 is 2.29 bits per heavy atom. The molecule has 0 aliphatic carbocycles. The highest BCUT2D eigenvalue weighted by Gasteiger charge is 2.11. The van der Waals surface area contributed by atoms with Gasteiger partial charge in [0.25, 0.3) is 5.91 Å². The number of benzene rings is 1. The van der Waals surface area contributed by atoms with Crippen LogP contribution in [0.25, 0.3) is 0 Å². The summed E-state index contributed by atoms with van der Waals surface area (Å²) in [4.78, 5) is 15.7. The molecule has 2 N–H and O–H groups in total. The fourth-order valence-corrected chi connectivity index (χ4v) is 1.33. The molecular weight excluding hydrogens is 220 g/mol. The van der Waals surface area contributed by atoms with Crippen molar-refractivity contribution in [2.45, 2.75) is 6.92 Å². The lowest BCUT2D eigenvalue weighted by Gasteiger charge is -2.04. The van der Waals surface area contributed by atoms with Crippen LogP contribution >= 0.6 is 0 Å². The Labute approximate surface area is 98.0 Å². The fourth-order valence-electron chi connectivity index (χ4n) is 1.33. The number of ether oxygens (including phenoxy) is 1. The average molecular weight is 232 g/mol. The molecule has 0 aliphatic heterocycles. The Balaban J connectivity index is 2.12. The molecule has 0 saturated heterocycles. The Kier molecular flexibility index (Phi) is 3.04. The van der Waals surface area contributed by atoms with E-state index in [0.717, 1.165) is 0 Å².